The van der Waals surface area contributed by atoms with Crippen molar-refractivity contribution in [2.45, 2.75) is 25.7 Å². The average Bonchev–Trinajstić information content (AvgIpc) is 2.98. The number of benzene rings is 1. The van der Waals surface area contributed by atoms with E-state index < -0.39 is 0 Å². The van der Waals surface area contributed by atoms with E-state index in [1.807, 2.05) is 6.92 Å². The van der Waals surface area contributed by atoms with Gasteiger partial charge in [0.25, 0.3) is 0 Å². The SMILES string of the molecule is CC(CNC(=O)CCc1ccccc1F)c1ncc[nH]1. The summed E-state index contributed by atoms with van der Waals surface area (Å²) in [6.45, 7) is 2.50. The molecule has 0 saturated carbocycles. The van der Waals surface area contributed by atoms with E-state index in [0.717, 1.165) is 5.82 Å². The maximum absolute atomic E-state index is 13.4. The van der Waals surface area contributed by atoms with Crippen LogP contribution in [0, 0.1) is 5.82 Å². The Morgan fingerprint density at radius 1 is 1.45 bits per heavy atom. The summed E-state index contributed by atoms with van der Waals surface area (Å²) in [5, 5.41) is 2.84. The fourth-order valence-electron chi connectivity index (χ4n) is 1.95. The van der Waals surface area contributed by atoms with Crippen LogP contribution in [0.15, 0.2) is 36.7 Å². The Hall–Kier alpha value is -2.17. The molecule has 5 heteroatoms. The van der Waals surface area contributed by atoms with Crippen LogP contribution < -0.4 is 5.32 Å². The third-order valence-electron chi connectivity index (χ3n) is 3.17. The lowest BCUT2D eigenvalue weighted by Gasteiger charge is -2.10. The summed E-state index contributed by atoms with van der Waals surface area (Å²) < 4.78 is 13.4. The average molecular weight is 275 g/mol. The molecule has 1 aromatic carbocycles. The van der Waals surface area contributed by atoms with E-state index in [-0.39, 0.29) is 24.1 Å². The molecule has 0 radical (unpaired) electrons. The van der Waals surface area contributed by atoms with Crippen molar-refractivity contribution in [1.82, 2.24) is 15.3 Å². The molecule has 0 spiro atoms. The summed E-state index contributed by atoms with van der Waals surface area (Å²) in [6.07, 6.45) is 4.14. The fourth-order valence-corrected chi connectivity index (χ4v) is 1.95. The molecular formula is C15H18FN3O. The number of carbonyl (C=O) groups excluding carboxylic acids is 1. The Balaban J connectivity index is 1.75. The summed E-state index contributed by atoms with van der Waals surface area (Å²) >= 11 is 0. The molecule has 0 aliphatic rings. The monoisotopic (exact) mass is 275 g/mol. The first kappa shape index (κ1) is 14.2. The quantitative estimate of drug-likeness (QED) is 0.850. The molecule has 0 aliphatic heterocycles. The highest BCUT2D eigenvalue weighted by molar-refractivity contribution is 5.76. The van der Waals surface area contributed by atoms with Crippen LogP contribution in [-0.2, 0) is 11.2 Å². The van der Waals surface area contributed by atoms with Crippen molar-refractivity contribution >= 4 is 5.91 Å². The van der Waals surface area contributed by atoms with Crippen molar-refractivity contribution < 1.29 is 9.18 Å². The molecule has 106 valence electrons. The van der Waals surface area contributed by atoms with Crippen LogP contribution in [0.1, 0.15) is 30.7 Å². The van der Waals surface area contributed by atoms with Gasteiger partial charge in [0, 0.05) is 31.3 Å². The molecule has 2 aromatic rings. The molecule has 0 bridgehead atoms. The van der Waals surface area contributed by atoms with Crippen LogP contribution in [0.5, 0.6) is 0 Å². The maximum Gasteiger partial charge on any atom is 0.220 e. The third kappa shape index (κ3) is 3.91. The Morgan fingerprint density at radius 2 is 2.25 bits per heavy atom. The number of aryl methyl sites for hydroxylation is 1. The van der Waals surface area contributed by atoms with Gasteiger partial charge >= 0.3 is 0 Å². The van der Waals surface area contributed by atoms with Gasteiger partial charge in [-0.25, -0.2) is 9.37 Å². The van der Waals surface area contributed by atoms with Crippen molar-refractivity contribution in [2.75, 3.05) is 6.54 Å². The van der Waals surface area contributed by atoms with Crippen LogP contribution in [0.4, 0.5) is 4.39 Å². The lowest BCUT2D eigenvalue weighted by Crippen LogP contribution is -2.28. The first-order valence-corrected chi connectivity index (χ1v) is 6.66. The van der Waals surface area contributed by atoms with E-state index in [2.05, 4.69) is 15.3 Å². The molecule has 1 aromatic heterocycles. The van der Waals surface area contributed by atoms with E-state index in [9.17, 15) is 9.18 Å². The Morgan fingerprint density at radius 3 is 2.95 bits per heavy atom. The summed E-state index contributed by atoms with van der Waals surface area (Å²) in [7, 11) is 0. The molecular weight excluding hydrogens is 257 g/mol. The van der Waals surface area contributed by atoms with Crippen molar-refractivity contribution in [2.24, 2.45) is 0 Å². The molecule has 2 rings (SSSR count). The first-order chi connectivity index (χ1) is 9.66. The molecule has 4 nitrogen and oxygen atoms in total. The van der Waals surface area contributed by atoms with E-state index in [1.54, 1.807) is 30.6 Å². The number of H-pyrrole nitrogens is 1. The minimum atomic E-state index is -0.260. The maximum atomic E-state index is 13.4. The number of rotatable bonds is 6. The minimum Gasteiger partial charge on any atom is -0.355 e. The Labute approximate surface area is 117 Å². The molecule has 0 saturated heterocycles. The van der Waals surface area contributed by atoms with Gasteiger partial charge in [-0.05, 0) is 18.1 Å². The first-order valence-electron chi connectivity index (χ1n) is 6.66. The number of aromatic nitrogens is 2. The van der Waals surface area contributed by atoms with E-state index in [1.165, 1.54) is 6.07 Å². The number of halogens is 1. The number of hydrogen-bond acceptors (Lipinski definition) is 2. The molecule has 0 fully saturated rings. The van der Waals surface area contributed by atoms with Crippen LogP contribution in [0.3, 0.4) is 0 Å². The number of amides is 1. The van der Waals surface area contributed by atoms with Crippen molar-refractivity contribution in [1.29, 1.82) is 0 Å². The lowest BCUT2D eigenvalue weighted by molar-refractivity contribution is -0.121. The third-order valence-corrected chi connectivity index (χ3v) is 3.17. The number of hydrogen-bond donors (Lipinski definition) is 2. The molecule has 1 atom stereocenters. The molecule has 0 aliphatic carbocycles. The Kier molecular flexibility index (Phi) is 4.87. The highest BCUT2D eigenvalue weighted by Crippen LogP contribution is 2.10. The highest BCUT2D eigenvalue weighted by atomic mass is 19.1. The molecule has 1 amide bonds. The lowest BCUT2D eigenvalue weighted by atomic mass is 10.1. The van der Waals surface area contributed by atoms with Crippen molar-refractivity contribution in [3.8, 4) is 0 Å². The van der Waals surface area contributed by atoms with E-state index in [4.69, 9.17) is 0 Å². The van der Waals surface area contributed by atoms with Crippen LogP contribution in [-0.4, -0.2) is 22.4 Å². The summed E-state index contributed by atoms with van der Waals surface area (Å²) in [4.78, 5) is 18.9. The minimum absolute atomic E-state index is 0.0772. The van der Waals surface area contributed by atoms with Crippen LogP contribution >= 0.6 is 0 Å². The van der Waals surface area contributed by atoms with Gasteiger partial charge in [-0.3, -0.25) is 4.79 Å². The van der Waals surface area contributed by atoms with Gasteiger partial charge in [0.1, 0.15) is 11.6 Å². The number of nitrogens with one attached hydrogen (secondary N) is 2. The largest absolute Gasteiger partial charge is 0.355 e. The van der Waals surface area contributed by atoms with E-state index >= 15 is 0 Å². The topological polar surface area (TPSA) is 57.8 Å². The normalized spacial score (nSPS) is 12.1. The zero-order valence-electron chi connectivity index (χ0n) is 11.4. The summed E-state index contributed by atoms with van der Waals surface area (Å²) in [5.41, 5.74) is 0.571. The second-order valence-electron chi connectivity index (χ2n) is 4.77. The summed E-state index contributed by atoms with van der Waals surface area (Å²) in [6, 6.07) is 6.53. The molecule has 2 N–H and O–H groups in total. The zero-order chi connectivity index (χ0) is 14.4. The molecule has 20 heavy (non-hydrogen) atoms. The second-order valence-corrected chi connectivity index (χ2v) is 4.77. The number of aromatic amines is 1. The van der Waals surface area contributed by atoms with Gasteiger partial charge in [-0.2, -0.15) is 0 Å². The van der Waals surface area contributed by atoms with Gasteiger partial charge in [0.15, 0.2) is 0 Å². The number of carbonyl (C=O) groups is 1. The molecule has 1 unspecified atom stereocenters. The predicted octanol–water partition coefficient (Wildman–Crippen LogP) is 2.40. The highest BCUT2D eigenvalue weighted by Gasteiger charge is 2.10. The standard InChI is InChI=1S/C15H18FN3O/c1-11(15-17-8-9-18-15)10-19-14(20)7-6-12-4-2-3-5-13(12)16/h2-5,8-9,11H,6-7,10H2,1H3,(H,17,18)(H,19,20). The van der Waals surface area contributed by atoms with Crippen molar-refractivity contribution in [3.63, 3.8) is 0 Å². The van der Waals surface area contributed by atoms with Crippen LogP contribution in [0.2, 0.25) is 0 Å². The van der Waals surface area contributed by atoms with Crippen LogP contribution in [0.25, 0.3) is 0 Å². The second kappa shape index (κ2) is 6.84. The summed E-state index contributed by atoms with van der Waals surface area (Å²) in [5.74, 6) is 0.637. The van der Waals surface area contributed by atoms with Gasteiger partial charge < -0.3 is 10.3 Å². The number of imidazole rings is 1. The van der Waals surface area contributed by atoms with Gasteiger partial charge in [-0.15, -0.1) is 0 Å². The van der Waals surface area contributed by atoms with Crippen molar-refractivity contribution in [3.05, 3.63) is 53.9 Å². The number of nitrogens with zero attached hydrogens (tertiary/aromatic N) is 1. The van der Waals surface area contributed by atoms with Gasteiger partial charge in [-0.1, -0.05) is 25.1 Å². The van der Waals surface area contributed by atoms with Gasteiger partial charge in [0.2, 0.25) is 5.91 Å². The predicted molar refractivity (Wildman–Crippen MR) is 74.7 cm³/mol. The van der Waals surface area contributed by atoms with Gasteiger partial charge in [0.05, 0.1) is 0 Å². The fraction of sp³-hybridized carbons (Fsp3) is 0.333. The molecule has 1 heterocycles. The van der Waals surface area contributed by atoms with E-state index in [0.29, 0.717) is 18.5 Å². The zero-order valence-corrected chi connectivity index (χ0v) is 11.4. The Bertz CT molecular complexity index is 554. The smallest absolute Gasteiger partial charge is 0.220 e.